The summed E-state index contributed by atoms with van der Waals surface area (Å²) in [7, 11) is 0. The van der Waals surface area contributed by atoms with Gasteiger partial charge in [0.1, 0.15) is 11.6 Å². The van der Waals surface area contributed by atoms with Crippen molar-refractivity contribution in [2.75, 3.05) is 6.54 Å². The third-order valence-electron chi connectivity index (χ3n) is 3.36. The number of amides is 1. The first-order valence-electron chi connectivity index (χ1n) is 7.83. The summed E-state index contributed by atoms with van der Waals surface area (Å²) in [6.45, 7) is 2.81. The summed E-state index contributed by atoms with van der Waals surface area (Å²) in [6.07, 6.45) is 8.61. The van der Waals surface area contributed by atoms with Crippen LogP contribution in [0.15, 0.2) is 29.8 Å². The highest BCUT2D eigenvalue weighted by Crippen LogP contribution is 2.12. The van der Waals surface area contributed by atoms with Crippen molar-refractivity contribution in [1.82, 2.24) is 5.32 Å². The molecule has 1 aromatic carbocycles. The van der Waals surface area contributed by atoms with Crippen molar-refractivity contribution in [2.24, 2.45) is 0 Å². The highest BCUT2D eigenvalue weighted by molar-refractivity contribution is 6.30. The van der Waals surface area contributed by atoms with E-state index in [0.717, 1.165) is 18.4 Å². The molecule has 4 heteroatoms. The fourth-order valence-corrected chi connectivity index (χ4v) is 2.20. The molecule has 0 atom stereocenters. The van der Waals surface area contributed by atoms with Crippen LogP contribution in [0.3, 0.4) is 0 Å². The molecule has 1 amide bonds. The normalized spacial score (nSPS) is 11.0. The number of halogens is 1. The van der Waals surface area contributed by atoms with Crippen LogP contribution in [-0.4, -0.2) is 12.5 Å². The molecule has 0 aliphatic heterocycles. The second kappa shape index (κ2) is 10.9. The molecule has 0 aliphatic carbocycles. The van der Waals surface area contributed by atoms with Gasteiger partial charge in [0.25, 0.3) is 5.91 Å². The van der Waals surface area contributed by atoms with Gasteiger partial charge >= 0.3 is 0 Å². The lowest BCUT2D eigenvalue weighted by atomic mass is 10.1. The Hall–Kier alpha value is -1.79. The SMILES string of the molecule is CCCCCCCCNC(=O)/C(C#N)=C\c1ccc(Cl)cc1. The molecule has 1 rings (SSSR count). The topological polar surface area (TPSA) is 52.9 Å². The number of unbranched alkanes of at least 4 members (excludes halogenated alkanes) is 5. The lowest BCUT2D eigenvalue weighted by Crippen LogP contribution is -2.25. The van der Waals surface area contributed by atoms with E-state index in [2.05, 4.69) is 12.2 Å². The Labute approximate surface area is 138 Å². The summed E-state index contributed by atoms with van der Waals surface area (Å²) in [5, 5.41) is 12.5. The minimum atomic E-state index is -0.314. The van der Waals surface area contributed by atoms with E-state index in [4.69, 9.17) is 16.9 Å². The number of carbonyl (C=O) groups is 1. The molecule has 118 valence electrons. The fraction of sp³-hybridized carbons (Fsp3) is 0.444. The molecule has 0 saturated carbocycles. The van der Waals surface area contributed by atoms with E-state index in [-0.39, 0.29) is 11.5 Å². The largest absolute Gasteiger partial charge is 0.351 e. The van der Waals surface area contributed by atoms with Gasteiger partial charge in [-0.1, -0.05) is 62.8 Å². The van der Waals surface area contributed by atoms with E-state index in [9.17, 15) is 4.79 Å². The third kappa shape index (κ3) is 7.28. The van der Waals surface area contributed by atoms with Gasteiger partial charge in [-0.2, -0.15) is 5.26 Å². The summed E-state index contributed by atoms with van der Waals surface area (Å²) >= 11 is 5.81. The zero-order valence-electron chi connectivity index (χ0n) is 13.1. The molecule has 0 unspecified atom stereocenters. The van der Waals surface area contributed by atoms with Crippen molar-refractivity contribution < 1.29 is 4.79 Å². The van der Waals surface area contributed by atoms with Crippen molar-refractivity contribution >= 4 is 23.6 Å². The van der Waals surface area contributed by atoms with Crippen LogP contribution in [0.5, 0.6) is 0 Å². The minimum Gasteiger partial charge on any atom is -0.351 e. The van der Waals surface area contributed by atoms with Crippen LogP contribution >= 0.6 is 11.6 Å². The number of hydrogen-bond donors (Lipinski definition) is 1. The van der Waals surface area contributed by atoms with Gasteiger partial charge in [0, 0.05) is 11.6 Å². The molecule has 0 heterocycles. The quantitative estimate of drug-likeness (QED) is 0.407. The van der Waals surface area contributed by atoms with Gasteiger partial charge in [-0.25, -0.2) is 0 Å². The molecule has 0 radical (unpaired) electrons. The molecule has 0 aromatic heterocycles. The van der Waals surface area contributed by atoms with Crippen LogP contribution in [0.1, 0.15) is 51.0 Å². The summed E-state index contributed by atoms with van der Waals surface area (Å²) in [5.41, 5.74) is 0.906. The van der Waals surface area contributed by atoms with E-state index < -0.39 is 0 Å². The van der Waals surface area contributed by atoms with Crippen LogP contribution in [-0.2, 0) is 4.79 Å². The van der Waals surface area contributed by atoms with Gasteiger partial charge < -0.3 is 5.32 Å². The summed E-state index contributed by atoms with van der Waals surface area (Å²) in [5.74, 6) is -0.314. The second-order valence-electron chi connectivity index (χ2n) is 5.25. The number of benzene rings is 1. The Morgan fingerprint density at radius 3 is 2.45 bits per heavy atom. The molecule has 0 spiro atoms. The predicted octanol–water partition coefficient (Wildman–Crippen LogP) is 4.72. The van der Waals surface area contributed by atoms with Gasteiger partial charge in [0.05, 0.1) is 0 Å². The maximum absolute atomic E-state index is 12.0. The number of nitrogens with zero attached hydrogens (tertiary/aromatic N) is 1. The maximum Gasteiger partial charge on any atom is 0.261 e. The van der Waals surface area contributed by atoms with Gasteiger partial charge in [-0.05, 0) is 30.2 Å². The Morgan fingerprint density at radius 2 is 1.82 bits per heavy atom. The number of nitriles is 1. The van der Waals surface area contributed by atoms with Gasteiger partial charge in [0.15, 0.2) is 0 Å². The fourth-order valence-electron chi connectivity index (χ4n) is 2.08. The molecule has 0 saturated heterocycles. The van der Waals surface area contributed by atoms with Crippen LogP contribution in [0, 0.1) is 11.3 Å². The van der Waals surface area contributed by atoms with E-state index >= 15 is 0 Å². The first-order valence-corrected chi connectivity index (χ1v) is 8.20. The smallest absolute Gasteiger partial charge is 0.261 e. The molecule has 0 aliphatic rings. The van der Waals surface area contributed by atoms with Gasteiger partial charge in [-0.15, -0.1) is 0 Å². The standard InChI is InChI=1S/C18H23ClN2O/c1-2-3-4-5-6-7-12-21-18(22)16(14-20)13-15-8-10-17(19)11-9-15/h8-11,13H,2-7,12H2,1H3,(H,21,22)/b16-13-. The first-order chi connectivity index (χ1) is 10.7. The van der Waals surface area contributed by atoms with Crippen LogP contribution < -0.4 is 5.32 Å². The van der Waals surface area contributed by atoms with E-state index in [1.165, 1.54) is 25.7 Å². The average molecular weight is 319 g/mol. The van der Waals surface area contributed by atoms with Gasteiger partial charge in [0.2, 0.25) is 0 Å². The van der Waals surface area contributed by atoms with E-state index in [1.807, 2.05) is 6.07 Å². The summed E-state index contributed by atoms with van der Waals surface area (Å²) < 4.78 is 0. The highest BCUT2D eigenvalue weighted by Gasteiger charge is 2.08. The first kappa shape index (κ1) is 18.3. The van der Waals surface area contributed by atoms with Gasteiger partial charge in [-0.3, -0.25) is 4.79 Å². The van der Waals surface area contributed by atoms with Crippen LogP contribution in [0.2, 0.25) is 5.02 Å². The van der Waals surface area contributed by atoms with Crippen molar-refractivity contribution in [3.8, 4) is 6.07 Å². The van der Waals surface area contributed by atoms with E-state index in [1.54, 1.807) is 30.3 Å². The second-order valence-corrected chi connectivity index (χ2v) is 5.68. The molecule has 0 fully saturated rings. The van der Waals surface area contributed by atoms with Crippen LogP contribution in [0.4, 0.5) is 0 Å². The number of nitrogens with one attached hydrogen (secondary N) is 1. The zero-order chi connectivity index (χ0) is 16.2. The Kier molecular flexibility index (Phi) is 9.02. The van der Waals surface area contributed by atoms with E-state index in [0.29, 0.717) is 11.6 Å². The Balaban J connectivity index is 2.38. The summed E-state index contributed by atoms with van der Waals surface area (Å²) in [4.78, 5) is 12.0. The van der Waals surface area contributed by atoms with Crippen molar-refractivity contribution in [3.05, 3.63) is 40.4 Å². The minimum absolute atomic E-state index is 0.119. The molecular weight excluding hydrogens is 296 g/mol. The average Bonchev–Trinajstić information content (AvgIpc) is 2.53. The van der Waals surface area contributed by atoms with Crippen LogP contribution in [0.25, 0.3) is 6.08 Å². The molecule has 22 heavy (non-hydrogen) atoms. The maximum atomic E-state index is 12.0. The third-order valence-corrected chi connectivity index (χ3v) is 3.61. The number of carbonyl (C=O) groups excluding carboxylic acids is 1. The predicted molar refractivity (Wildman–Crippen MR) is 91.4 cm³/mol. The van der Waals surface area contributed by atoms with Crippen molar-refractivity contribution in [1.29, 1.82) is 5.26 Å². The molecule has 3 nitrogen and oxygen atoms in total. The number of hydrogen-bond acceptors (Lipinski definition) is 2. The molecular formula is C18H23ClN2O. The van der Waals surface area contributed by atoms with Crippen molar-refractivity contribution in [3.63, 3.8) is 0 Å². The zero-order valence-corrected chi connectivity index (χ0v) is 13.8. The molecule has 1 aromatic rings. The molecule has 1 N–H and O–H groups in total. The highest BCUT2D eigenvalue weighted by atomic mass is 35.5. The monoisotopic (exact) mass is 318 g/mol. The summed E-state index contributed by atoms with van der Waals surface area (Å²) in [6, 6.07) is 8.97. The number of rotatable bonds is 9. The molecule has 0 bridgehead atoms. The lowest BCUT2D eigenvalue weighted by Gasteiger charge is -2.04. The Morgan fingerprint density at radius 1 is 1.18 bits per heavy atom. The lowest BCUT2D eigenvalue weighted by molar-refractivity contribution is -0.117. The van der Waals surface area contributed by atoms with Crippen molar-refractivity contribution in [2.45, 2.75) is 45.4 Å². The Bertz CT molecular complexity index is 529.